The number of nitrogens with zero attached hydrogens (tertiary/aromatic N) is 2. The summed E-state index contributed by atoms with van der Waals surface area (Å²) in [6.07, 6.45) is 34.8. The van der Waals surface area contributed by atoms with Crippen LogP contribution in [0.15, 0.2) is 0 Å². The zero-order chi connectivity index (χ0) is 41.1. The Morgan fingerprint density at radius 1 is 0.618 bits per heavy atom. The van der Waals surface area contributed by atoms with Gasteiger partial charge in [-0.1, -0.05) is 157 Å². The first-order valence-electron chi connectivity index (χ1n) is 23.9. The van der Waals surface area contributed by atoms with Gasteiger partial charge in [0.15, 0.2) is 0 Å². The van der Waals surface area contributed by atoms with Gasteiger partial charge >= 0.3 is 0 Å². The third-order valence-corrected chi connectivity index (χ3v) is 16.5. The van der Waals surface area contributed by atoms with E-state index in [2.05, 4.69) is 115 Å². The van der Waals surface area contributed by atoms with Crippen molar-refractivity contribution in [3.63, 3.8) is 0 Å². The molecular weight excluding hydrogens is 731 g/mol. The molecule has 1 aliphatic rings. The molecule has 6 unspecified atom stereocenters. The second-order valence-electron chi connectivity index (χ2n) is 18.1. The average molecular weight is 831 g/mol. The Morgan fingerprint density at radius 2 is 1.09 bits per heavy atom. The first kappa shape index (κ1) is 55.4. The summed E-state index contributed by atoms with van der Waals surface area (Å²) in [5.41, 5.74) is 5.73. The van der Waals surface area contributed by atoms with E-state index in [0.717, 1.165) is 59.9 Å². The third-order valence-electron chi connectivity index (χ3n) is 12.0. The van der Waals surface area contributed by atoms with Crippen molar-refractivity contribution in [1.82, 2.24) is 9.80 Å². The number of carbonyl (C=O) groups excluding carboxylic acids is 1. The van der Waals surface area contributed by atoms with Gasteiger partial charge in [-0.15, -0.1) is 0 Å². The lowest BCUT2D eigenvalue weighted by Crippen LogP contribution is -2.35. The number of thioether (sulfide) groups is 3. The van der Waals surface area contributed by atoms with Crippen molar-refractivity contribution in [2.45, 2.75) is 218 Å². The smallest absolute Gasteiger partial charge is 0.220 e. The summed E-state index contributed by atoms with van der Waals surface area (Å²) >= 11 is 6.46. The van der Waals surface area contributed by atoms with Crippen LogP contribution in [0.2, 0.25) is 0 Å². The van der Waals surface area contributed by atoms with Crippen LogP contribution in [-0.2, 0) is 4.79 Å². The van der Waals surface area contributed by atoms with Crippen molar-refractivity contribution >= 4 is 41.2 Å². The van der Waals surface area contributed by atoms with Gasteiger partial charge in [-0.05, 0) is 96.6 Å². The minimum atomic E-state index is -0.0861. The standard InChI is InChI=1S/C28H57N3OS3.C20H42/c1-9-33-25(21(2)3)14-10-22(4)26(34-18-16-30(5)6)15-13-23-11-12-24(28(29)32)20-27(23)35-19-17-31(7)8;1-3-5-7-9-11-13-15-17-19-20-18-16-14-12-10-8-6-4-2/h21-27H,9-20H2,1-8H3,(H2,29,32);3-20H2,1-2H3. The van der Waals surface area contributed by atoms with Crippen molar-refractivity contribution < 1.29 is 4.79 Å². The highest BCUT2D eigenvalue weighted by molar-refractivity contribution is 8.00. The fourth-order valence-electron chi connectivity index (χ4n) is 8.08. The normalized spacial score (nSPS) is 19.1. The molecule has 1 amide bonds. The first-order chi connectivity index (χ1) is 26.5. The predicted molar refractivity (Wildman–Crippen MR) is 258 cm³/mol. The summed E-state index contributed by atoms with van der Waals surface area (Å²) in [7, 11) is 8.65. The average Bonchev–Trinajstić information content (AvgIpc) is 3.14. The van der Waals surface area contributed by atoms with E-state index in [1.54, 1.807) is 0 Å². The van der Waals surface area contributed by atoms with Gasteiger partial charge in [-0.3, -0.25) is 4.79 Å². The van der Waals surface area contributed by atoms with Crippen LogP contribution in [0.4, 0.5) is 0 Å². The molecule has 0 bridgehead atoms. The van der Waals surface area contributed by atoms with Crippen LogP contribution in [0.25, 0.3) is 0 Å². The van der Waals surface area contributed by atoms with Crippen LogP contribution in [0.3, 0.4) is 0 Å². The van der Waals surface area contributed by atoms with Gasteiger partial charge in [0.25, 0.3) is 0 Å². The van der Waals surface area contributed by atoms with E-state index < -0.39 is 0 Å². The monoisotopic (exact) mass is 830 g/mol. The molecule has 7 heteroatoms. The molecule has 4 nitrogen and oxygen atoms in total. The highest BCUT2D eigenvalue weighted by Crippen LogP contribution is 2.41. The van der Waals surface area contributed by atoms with Crippen molar-refractivity contribution in [3.8, 4) is 0 Å². The fourth-order valence-corrected chi connectivity index (χ4v) is 12.4. The van der Waals surface area contributed by atoms with Gasteiger partial charge in [0.1, 0.15) is 0 Å². The van der Waals surface area contributed by atoms with E-state index in [9.17, 15) is 4.79 Å². The number of nitrogens with two attached hydrogens (primary N) is 1. The zero-order valence-electron chi connectivity index (χ0n) is 38.9. The van der Waals surface area contributed by atoms with E-state index in [-0.39, 0.29) is 11.8 Å². The number of carbonyl (C=O) groups is 1. The SMILES string of the molecule is CCCCCCCCCCCCCCCCCCCC.CCSC(CCC(C)C(CCC1CCC(C(N)=O)CC1SCCN(C)C)SCCN(C)C)C(C)C. The number of rotatable bonds is 36. The molecular formula is C48H99N3OS3. The number of primary amides is 1. The topological polar surface area (TPSA) is 49.6 Å². The Hall–Kier alpha value is 0.440. The van der Waals surface area contributed by atoms with Crippen molar-refractivity contribution in [2.75, 3.05) is 58.5 Å². The Kier molecular flexibility index (Phi) is 38.9. The summed E-state index contributed by atoms with van der Waals surface area (Å²) in [5.74, 6) is 5.81. The molecule has 0 spiro atoms. The molecule has 0 aromatic carbocycles. The lowest BCUT2D eigenvalue weighted by Gasteiger charge is -2.36. The number of hydrogen-bond donors (Lipinski definition) is 1. The van der Waals surface area contributed by atoms with Gasteiger partial charge < -0.3 is 15.5 Å². The summed E-state index contributed by atoms with van der Waals surface area (Å²) in [6, 6.07) is 0. The molecule has 0 aliphatic heterocycles. The van der Waals surface area contributed by atoms with E-state index in [1.807, 2.05) is 0 Å². The fraction of sp³-hybridized carbons (Fsp3) is 0.979. The second-order valence-corrected chi connectivity index (χ2v) is 22.3. The van der Waals surface area contributed by atoms with Gasteiger partial charge in [0.2, 0.25) is 5.91 Å². The lowest BCUT2D eigenvalue weighted by atomic mass is 9.78. The Balaban J connectivity index is 0.00000124. The molecule has 0 radical (unpaired) electrons. The largest absolute Gasteiger partial charge is 0.369 e. The highest BCUT2D eigenvalue weighted by Gasteiger charge is 2.34. The first-order valence-corrected chi connectivity index (χ1v) is 27.0. The molecule has 1 saturated carbocycles. The number of amides is 1. The maximum Gasteiger partial charge on any atom is 0.220 e. The third kappa shape index (κ3) is 32.9. The number of hydrogen-bond acceptors (Lipinski definition) is 6. The summed E-state index contributed by atoms with van der Waals surface area (Å²) in [5, 5.41) is 2.10. The summed E-state index contributed by atoms with van der Waals surface area (Å²) in [6.45, 7) is 16.4. The van der Waals surface area contributed by atoms with Gasteiger partial charge in [-0.2, -0.15) is 35.3 Å². The van der Waals surface area contributed by atoms with Crippen molar-refractivity contribution in [3.05, 3.63) is 0 Å². The second kappa shape index (κ2) is 38.6. The molecule has 2 N–H and O–H groups in total. The van der Waals surface area contributed by atoms with Crippen LogP contribution >= 0.6 is 35.3 Å². The van der Waals surface area contributed by atoms with Crippen LogP contribution in [0, 0.1) is 23.7 Å². The molecule has 0 heterocycles. The van der Waals surface area contributed by atoms with E-state index in [1.165, 1.54) is 159 Å². The lowest BCUT2D eigenvalue weighted by molar-refractivity contribution is -0.122. The molecule has 1 aliphatic carbocycles. The summed E-state index contributed by atoms with van der Waals surface area (Å²) < 4.78 is 0. The quantitative estimate of drug-likeness (QED) is 0.0635. The Morgan fingerprint density at radius 3 is 1.51 bits per heavy atom. The van der Waals surface area contributed by atoms with E-state index in [4.69, 9.17) is 5.73 Å². The van der Waals surface area contributed by atoms with Crippen LogP contribution in [0.5, 0.6) is 0 Å². The van der Waals surface area contributed by atoms with E-state index >= 15 is 0 Å². The Bertz CT molecular complexity index is 810. The van der Waals surface area contributed by atoms with E-state index in [0.29, 0.717) is 5.25 Å². The molecule has 1 fully saturated rings. The minimum Gasteiger partial charge on any atom is -0.369 e. The Labute approximate surface area is 359 Å². The van der Waals surface area contributed by atoms with Crippen molar-refractivity contribution in [2.24, 2.45) is 29.4 Å². The molecule has 1 rings (SSSR count). The maximum absolute atomic E-state index is 11.9. The molecule has 330 valence electrons. The molecule has 6 atom stereocenters. The summed E-state index contributed by atoms with van der Waals surface area (Å²) in [4.78, 5) is 16.5. The molecule has 55 heavy (non-hydrogen) atoms. The van der Waals surface area contributed by atoms with Gasteiger partial charge in [0.05, 0.1) is 0 Å². The predicted octanol–water partition coefficient (Wildman–Crippen LogP) is 14.2. The minimum absolute atomic E-state index is 0.0799. The van der Waals surface area contributed by atoms with Gasteiger partial charge in [-0.25, -0.2) is 0 Å². The molecule has 0 aromatic rings. The zero-order valence-corrected chi connectivity index (χ0v) is 41.3. The maximum atomic E-state index is 11.9. The van der Waals surface area contributed by atoms with Crippen molar-refractivity contribution in [1.29, 1.82) is 0 Å². The molecule has 0 aromatic heterocycles. The number of unbranched alkanes of at least 4 members (excludes halogenated alkanes) is 17. The van der Waals surface area contributed by atoms with Crippen LogP contribution in [0.1, 0.15) is 202 Å². The highest BCUT2D eigenvalue weighted by atomic mass is 32.2. The molecule has 0 saturated heterocycles. The van der Waals surface area contributed by atoms with Crippen LogP contribution in [-0.4, -0.2) is 90.0 Å². The van der Waals surface area contributed by atoms with Gasteiger partial charge in [0, 0.05) is 46.3 Å². The van der Waals surface area contributed by atoms with Crippen LogP contribution < -0.4 is 5.73 Å².